The van der Waals surface area contributed by atoms with Gasteiger partial charge in [-0.05, 0) is 42.0 Å². The first-order valence-corrected chi connectivity index (χ1v) is 7.36. The van der Waals surface area contributed by atoms with Gasteiger partial charge in [-0.25, -0.2) is 9.97 Å². The highest BCUT2D eigenvalue weighted by Crippen LogP contribution is 2.29. The molecule has 0 amide bonds. The number of nitrogens with zero attached hydrogens (tertiary/aromatic N) is 2. The van der Waals surface area contributed by atoms with Crippen LogP contribution in [0.2, 0.25) is 0 Å². The van der Waals surface area contributed by atoms with Crippen LogP contribution in [0.3, 0.4) is 0 Å². The highest BCUT2D eigenvalue weighted by molar-refractivity contribution is 5.73. The van der Waals surface area contributed by atoms with Crippen LogP contribution in [-0.2, 0) is 0 Å². The number of hydrogen-bond donors (Lipinski definition) is 1. The van der Waals surface area contributed by atoms with Crippen molar-refractivity contribution in [3.8, 4) is 34.7 Å². The van der Waals surface area contributed by atoms with Crippen molar-refractivity contribution in [1.82, 2.24) is 9.97 Å². The molecule has 0 aliphatic carbocycles. The van der Waals surface area contributed by atoms with Gasteiger partial charge in [-0.1, -0.05) is 42.5 Å². The molecule has 3 rings (SSSR count). The molecule has 0 saturated carbocycles. The van der Waals surface area contributed by atoms with Crippen LogP contribution < -0.4 is 5.73 Å². The van der Waals surface area contributed by atoms with Crippen LogP contribution in [0.4, 0.5) is 5.82 Å². The Morgan fingerprint density at radius 3 is 2.48 bits per heavy atom. The Morgan fingerprint density at radius 1 is 1.00 bits per heavy atom. The lowest BCUT2D eigenvalue weighted by atomic mass is 9.96. The van der Waals surface area contributed by atoms with Crippen molar-refractivity contribution < 1.29 is 0 Å². The van der Waals surface area contributed by atoms with E-state index >= 15 is 0 Å². The number of aryl methyl sites for hydroxylation is 2. The van der Waals surface area contributed by atoms with Gasteiger partial charge in [-0.3, -0.25) is 0 Å². The second-order valence-electron chi connectivity index (χ2n) is 5.48. The topological polar surface area (TPSA) is 51.8 Å². The molecule has 112 valence electrons. The van der Waals surface area contributed by atoms with Crippen LogP contribution in [0.25, 0.3) is 22.4 Å². The molecule has 0 radical (unpaired) electrons. The minimum absolute atomic E-state index is 0.283. The summed E-state index contributed by atoms with van der Waals surface area (Å²) in [6.45, 7) is 4.17. The maximum atomic E-state index is 5.72. The minimum atomic E-state index is 0.283. The lowest BCUT2D eigenvalue weighted by Crippen LogP contribution is -1.99. The quantitative estimate of drug-likeness (QED) is 0.728. The van der Waals surface area contributed by atoms with E-state index in [2.05, 4.69) is 66.1 Å². The number of nitrogen functional groups attached to an aromatic ring is 1. The monoisotopic (exact) mass is 299 g/mol. The molecule has 0 saturated heterocycles. The predicted octanol–water partition coefficient (Wildman–Crippen LogP) is 3.99. The molecule has 2 aromatic carbocycles. The van der Waals surface area contributed by atoms with Gasteiger partial charge in [0.15, 0.2) is 11.5 Å². The molecular weight excluding hydrogens is 282 g/mol. The first kappa shape index (κ1) is 14.8. The van der Waals surface area contributed by atoms with E-state index in [0.717, 1.165) is 16.8 Å². The summed E-state index contributed by atoms with van der Waals surface area (Å²) in [6, 6.07) is 14.6. The molecule has 0 unspecified atom stereocenters. The highest BCUT2D eigenvalue weighted by atomic mass is 14.9. The molecule has 0 aliphatic rings. The van der Waals surface area contributed by atoms with Gasteiger partial charge < -0.3 is 5.73 Å². The molecule has 2 N–H and O–H groups in total. The van der Waals surface area contributed by atoms with Gasteiger partial charge in [0.2, 0.25) is 0 Å². The average Bonchev–Trinajstić information content (AvgIpc) is 2.56. The molecule has 1 aromatic heterocycles. The van der Waals surface area contributed by atoms with E-state index in [1.165, 1.54) is 16.7 Å². The summed E-state index contributed by atoms with van der Waals surface area (Å²) >= 11 is 0. The van der Waals surface area contributed by atoms with E-state index in [0.29, 0.717) is 5.69 Å². The Morgan fingerprint density at radius 2 is 1.78 bits per heavy atom. The van der Waals surface area contributed by atoms with Gasteiger partial charge >= 0.3 is 0 Å². The summed E-state index contributed by atoms with van der Waals surface area (Å²) in [5.74, 6) is 2.75. The fourth-order valence-electron chi connectivity index (χ4n) is 2.65. The zero-order valence-corrected chi connectivity index (χ0v) is 13.2. The van der Waals surface area contributed by atoms with Gasteiger partial charge in [0, 0.05) is 5.56 Å². The van der Waals surface area contributed by atoms with Crippen LogP contribution in [0.1, 0.15) is 16.8 Å². The second kappa shape index (κ2) is 5.94. The van der Waals surface area contributed by atoms with Crippen molar-refractivity contribution in [1.29, 1.82) is 0 Å². The van der Waals surface area contributed by atoms with E-state index in [4.69, 9.17) is 12.2 Å². The molecule has 3 aromatic rings. The maximum absolute atomic E-state index is 5.72. The third-order valence-electron chi connectivity index (χ3n) is 3.90. The normalized spacial score (nSPS) is 10.3. The van der Waals surface area contributed by atoms with E-state index in [1.807, 2.05) is 6.07 Å². The lowest BCUT2D eigenvalue weighted by Gasteiger charge is -2.11. The van der Waals surface area contributed by atoms with E-state index in [9.17, 15) is 0 Å². The molecular formula is C20H17N3. The van der Waals surface area contributed by atoms with Crippen molar-refractivity contribution in [2.24, 2.45) is 0 Å². The number of hydrogen-bond acceptors (Lipinski definition) is 3. The van der Waals surface area contributed by atoms with Crippen LogP contribution in [-0.4, -0.2) is 9.97 Å². The summed E-state index contributed by atoms with van der Waals surface area (Å²) < 4.78 is 0. The van der Waals surface area contributed by atoms with E-state index in [1.54, 1.807) is 6.20 Å². The fourth-order valence-corrected chi connectivity index (χ4v) is 2.65. The standard InChI is InChI=1S/C20H17N3/c1-4-18-20(21)22-12-19(23-18)17-10-9-15(11-14(17)3)16-8-6-5-7-13(16)2/h1,5-12H,2-3H3,(H2,21,22). The summed E-state index contributed by atoms with van der Waals surface area (Å²) in [4.78, 5) is 8.55. The van der Waals surface area contributed by atoms with Crippen molar-refractivity contribution in [2.45, 2.75) is 13.8 Å². The van der Waals surface area contributed by atoms with Gasteiger partial charge in [-0.2, -0.15) is 0 Å². The fraction of sp³-hybridized carbons (Fsp3) is 0.100. The maximum Gasteiger partial charge on any atom is 0.158 e. The molecule has 0 atom stereocenters. The zero-order chi connectivity index (χ0) is 16.4. The number of aromatic nitrogens is 2. The Kier molecular flexibility index (Phi) is 3.82. The Bertz CT molecular complexity index is 920. The first-order valence-electron chi connectivity index (χ1n) is 7.36. The predicted molar refractivity (Wildman–Crippen MR) is 94.7 cm³/mol. The molecule has 3 heteroatoms. The lowest BCUT2D eigenvalue weighted by molar-refractivity contribution is 1.18. The van der Waals surface area contributed by atoms with Crippen molar-refractivity contribution in [3.63, 3.8) is 0 Å². The van der Waals surface area contributed by atoms with E-state index in [-0.39, 0.29) is 5.82 Å². The molecule has 3 nitrogen and oxygen atoms in total. The largest absolute Gasteiger partial charge is 0.381 e. The number of nitrogens with two attached hydrogens (primary N) is 1. The molecule has 0 fully saturated rings. The molecule has 0 spiro atoms. The number of anilines is 1. The SMILES string of the molecule is C#Cc1nc(-c2ccc(-c3ccccc3C)cc2C)cnc1N. The molecule has 23 heavy (non-hydrogen) atoms. The zero-order valence-electron chi connectivity index (χ0n) is 13.2. The highest BCUT2D eigenvalue weighted by Gasteiger charge is 2.09. The summed E-state index contributed by atoms with van der Waals surface area (Å²) in [5.41, 5.74) is 12.6. The van der Waals surface area contributed by atoms with Crippen LogP contribution in [0, 0.1) is 26.2 Å². The first-order chi connectivity index (χ1) is 11.1. The number of terminal acetylenes is 1. The van der Waals surface area contributed by atoms with Gasteiger partial charge in [-0.15, -0.1) is 6.42 Å². The van der Waals surface area contributed by atoms with Crippen molar-refractivity contribution >= 4 is 5.82 Å². The van der Waals surface area contributed by atoms with Gasteiger partial charge in [0.25, 0.3) is 0 Å². The Hall–Kier alpha value is -3.12. The van der Waals surface area contributed by atoms with Crippen molar-refractivity contribution in [2.75, 3.05) is 5.73 Å². The third kappa shape index (κ3) is 2.79. The number of benzene rings is 2. The Labute approximate surface area is 136 Å². The third-order valence-corrected chi connectivity index (χ3v) is 3.90. The van der Waals surface area contributed by atoms with Crippen LogP contribution in [0.15, 0.2) is 48.7 Å². The summed E-state index contributed by atoms with van der Waals surface area (Å²) in [5, 5.41) is 0. The number of rotatable bonds is 2. The molecule has 0 aliphatic heterocycles. The van der Waals surface area contributed by atoms with Crippen LogP contribution in [0.5, 0.6) is 0 Å². The van der Waals surface area contributed by atoms with Crippen LogP contribution >= 0.6 is 0 Å². The average molecular weight is 299 g/mol. The van der Waals surface area contributed by atoms with Gasteiger partial charge in [0.1, 0.15) is 0 Å². The van der Waals surface area contributed by atoms with Gasteiger partial charge in [0.05, 0.1) is 11.9 Å². The molecule has 0 bridgehead atoms. The summed E-state index contributed by atoms with van der Waals surface area (Å²) in [7, 11) is 0. The second-order valence-corrected chi connectivity index (χ2v) is 5.48. The van der Waals surface area contributed by atoms with E-state index < -0.39 is 0 Å². The van der Waals surface area contributed by atoms with Crippen molar-refractivity contribution in [3.05, 3.63) is 65.5 Å². The Balaban J connectivity index is 2.07. The molecule has 1 heterocycles. The smallest absolute Gasteiger partial charge is 0.158 e. The summed E-state index contributed by atoms with van der Waals surface area (Å²) in [6.07, 6.45) is 7.08. The minimum Gasteiger partial charge on any atom is -0.381 e.